The SMILES string of the molecule is Cc1ccnc2c1/C(=N\N=C(N)N)CC(c1ccccn1)C2. The van der Waals surface area contributed by atoms with Crippen LogP contribution >= 0.6 is 0 Å². The van der Waals surface area contributed by atoms with Gasteiger partial charge in [-0.1, -0.05) is 6.07 Å². The summed E-state index contributed by atoms with van der Waals surface area (Å²) in [4.78, 5) is 8.97. The molecule has 0 bridgehead atoms. The van der Waals surface area contributed by atoms with Crippen molar-refractivity contribution < 1.29 is 0 Å². The summed E-state index contributed by atoms with van der Waals surface area (Å²) in [6.07, 6.45) is 5.22. The van der Waals surface area contributed by atoms with Gasteiger partial charge in [-0.2, -0.15) is 5.10 Å². The summed E-state index contributed by atoms with van der Waals surface area (Å²) in [5.41, 5.74) is 15.9. The van der Waals surface area contributed by atoms with E-state index < -0.39 is 0 Å². The molecule has 0 spiro atoms. The van der Waals surface area contributed by atoms with Gasteiger partial charge in [-0.15, -0.1) is 5.10 Å². The van der Waals surface area contributed by atoms with Crippen LogP contribution in [0.3, 0.4) is 0 Å². The predicted octanol–water partition coefficient (Wildman–Crippen LogP) is 1.49. The molecule has 0 aromatic carbocycles. The zero-order valence-corrected chi connectivity index (χ0v) is 12.4. The van der Waals surface area contributed by atoms with E-state index in [2.05, 4.69) is 20.2 Å². The maximum Gasteiger partial charge on any atom is 0.211 e. The zero-order chi connectivity index (χ0) is 15.5. The maximum absolute atomic E-state index is 5.41. The fourth-order valence-electron chi connectivity index (χ4n) is 2.84. The Labute approximate surface area is 129 Å². The molecule has 2 aromatic rings. The molecule has 1 aliphatic carbocycles. The third-order valence-electron chi connectivity index (χ3n) is 3.80. The number of pyridine rings is 2. The number of hydrogen-bond acceptors (Lipinski definition) is 4. The van der Waals surface area contributed by atoms with E-state index in [-0.39, 0.29) is 11.9 Å². The van der Waals surface area contributed by atoms with Crippen LogP contribution in [-0.4, -0.2) is 21.6 Å². The van der Waals surface area contributed by atoms with E-state index in [4.69, 9.17) is 11.5 Å². The Morgan fingerprint density at radius 1 is 1.14 bits per heavy atom. The van der Waals surface area contributed by atoms with Gasteiger partial charge in [-0.25, -0.2) is 0 Å². The van der Waals surface area contributed by atoms with Crippen molar-refractivity contribution >= 4 is 11.7 Å². The van der Waals surface area contributed by atoms with Crippen molar-refractivity contribution in [2.45, 2.75) is 25.7 Å². The van der Waals surface area contributed by atoms with Crippen LogP contribution in [0.5, 0.6) is 0 Å². The lowest BCUT2D eigenvalue weighted by Crippen LogP contribution is -2.24. The van der Waals surface area contributed by atoms with E-state index in [1.165, 1.54) is 0 Å². The van der Waals surface area contributed by atoms with E-state index in [0.29, 0.717) is 0 Å². The normalized spacial score (nSPS) is 18.8. The molecule has 6 heteroatoms. The second-order valence-corrected chi connectivity index (χ2v) is 5.38. The number of guanidine groups is 1. The van der Waals surface area contributed by atoms with Gasteiger partial charge < -0.3 is 11.5 Å². The van der Waals surface area contributed by atoms with Gasteiger partial charge in [-0.3, -0.25) is 9.97 Å². The summed E-state index contributed by atoms with van der Waals surface area (Å²) in [5, 5.41) is 8.08. The second kappa shape index (κ2) is 5.93. The number of hydrogen-bond donors (Lipinski definition) is 2. The molecule has 1 atom stereocenters. The molecule has 112 valence electrons. The Kier molecular flexibility index (Phi) is 3.82. The second-order valence-electron chi connectivity index (χ2n) is 5.38. The lowest BCUT2D eigenvalue weighted by atomic mass is 9.82. The van der Waals surface area contributed by atoms with Crippen LogP contribution in [0.4, 0.5) is 0 Å². The molecule has 0 aliphatic heterocycles. The van der Waals surface area contributed by atoms with Crippen LogP contribution in [0.25, 0.3) is 0 Å². The summed E-state index contributed by atoms with van der Waals surface area (Å²) in [5.74, 6) is 0.187. The number of aryl methyl sites for hydroxylation is 1. The Bertz CT molecular complexity index is 732. The van der Waals surface area contributed by atoms with E-state index in [9.17, 15) is 0 Å². The van der Waals surface area contributed by atoms with E-state index >= 15 is 0 Å². The highest BCUT2D eigenvalue weighted by Gasteiger charge is 2.27. The molecule has 1 unspecified atom stereocenters. The summed E-state index contributed by atoms with van der Waals surface area (Å²) < 4.78 is 0. The van der Waals surface area contributed by atoms with Gasteiger partial charge in [0.15, 0.2) is 0 Å². The molecule has 6 nitrogen and oxygen atoms in total. The summed E-state index contributed by atoms with van der Waals surface area (Å²) >= 11 is 0. The van der Waals surface area contributed by atoms with E-state index in [0.717, 1.165) is 41.1 Å². The number of nitrogens with zero attached hydrogens (tertiary/aromatic N) is 4. The summed E-state index contributed by atoms with van der Waals surface area (Å²) in [6, 6.07) is 7.92. The van der Waals surface area contributed by atoms with Gasteiger partial charge in [0.05, 0.1) is 11.4 Å². The molecule has 0 saturated carbocycles. The molecule has 22 heavy (non-hydrogen) atoms. The van der Waals surface area contributed by atoms with Crippen LogP contribution < -0.4 is 11.5 Å². The number of rotatable bonds is 2. The molecule has 0 radical (unpaired) electrons. The first-order chi connectivity index (χ1) is 10.6. The van der Waals surface area contributed by atoms with Crippen molar-refractivity contribution in [2.24, 2.45) is 21.7 Å². The molecule has 1 aliphatic rings. The van der Waals surface area contributed by atoms with Crippen molar-refractivity contribution in [2.75, 3.05) is 0 Å². The minimum absolute atomic E-state index is 0.0458. The first kappa shape index (κ1) is 14.2. The average Bonchev–Trinajstić information content (AvgIpc) is 2.53. The van der Waals surface area contributed by atoms with Gasteiger partial charge in [0.1, 0.15) is 0 Å². The van der Waals surface area contributed by atoms with E-state index in [1.807, 2.05) is 37.4 Å². The summed E-state index contributed by atoms with van der Waals surface area (Å²) in [7, 11) is 0. The first-order valence-electron chi connectivity index (χ1n) is 7.16. The van der Waals surface area contributed by atoms with Crippen molar-refractivity contribution in [1.29, 1.82) is 0 Å². The van der Waals surface area contributed by atoms with Gasteiger partial charge >= 0.3 is 0 Å². The largest absolute Gasteiger partial charge is 0.369 e. The Balaban J connectivity index is 2.06. The van der Waals surface area contributed by atoms with Gasteiger partial charge in [0, 0.05) is 36.0 Å². The Hall–Kier alpha value is -2.76. The molecule has 2 aromatic heterocycles. The molecule has 4 N–H and O–H groups in total. The van der Waals surface area contributed by atoms with Gasteiger partial charge in [0.25, 0.3) is 0 Å². The molecule has 3 rings (SSSR count). The molecule has 0 amide bonds. The fraction of sp³-hybridized carbons (Fsp3) is 0.250. The highest BCUT2D eigenvalue weighted by atomic mass is 15.3. The highest BCUT2D eigenvalue weighted by molar-refractivity contribution is 6.04. The quantitative estimate of drug-likeness (QED) is 0.497. The lowest BCUT2D eigenvalue weighted by molar-refractivity contribution is 0.657. The Morgan fingerprint density at radius 3 is 2.73 bits per heavy atom. The minimum atomic E-state index is -0.0458. The van der Waals surface area contributed by atoms with Crippen molar-refractivity contribution in [1.82, 2.24) is 9.97 Å². The molecule has 2 heterocycles. The van der Waals surface area contributed by atoms with Crippen LogP contribution in [0.2, 0.25) is 0 Å². The van der Waals surface area contributed by atoms with Crippen LogP contribution in [0.1, 0.15) is 34.9 Å². The van der Waals surface area contributed by atoms with Crippen LogP contribution in [-0.2, 0) is 6.42 Å². The van der Waals surface area contributed by atoms with Crippen LogP contribution in [0, 0.1) is 6.92 Å². The van der Waals surface area contributed by atoms with E-state index in [1.54, 1.807) is 6.20 Å². The third-order valence-corrected chi connectivity index (χ3v) is 3.80. The van der Waals surface area contributed by atoms with Crippen LogP contribution in [0.15, 0.2) is 46.9 Å². The average molecular weight is 294 g/mol. The Morgan fingerprint density at radius 2 is 2.00 bits per heavy atom. The molecular formula is C16H18N6. The van der Waals surface area contributed by atoms with Crippen molar-refractivity contribution in [3.63, 3.8) is 0 Å². The van der Waals surface area contributed by atoms with Crippen molar-refractivity contribution in [3.05, 3.63) is 59.2 Å². The fourth-order valence-corrected chi connectivity index (χ4v) is 2.84. The van der Waals surface area contributed by atoms with Gasteiger partial charge in [-0.05, 0) is 37.1 Å². The standard InChI is InChI=1S/C16H18N6/c1-10-5-7-20-13-8-11(12-4-2-3-6-19-12)9-14(15(10)13)21-22-16(17)18/h2-7,11H,8-9H2,1H3,(H4,17,18,22)/b21-14-. The zero-order valence-electron chi connectivity index (χ0n) is 12.4. The first-order valence-corrected chi connectivity index (χ1v) is 7.16. The smallest absolute Gasteiger partial charge is 0.211 e. The number of aromatic nitrogens is 2. The van der Waals surface area contributed by atoms with Gasteiger partial charge in [0.2, 0.25) is 5.96 Å². The number of fused-ring (bicyclic) bond motifs is 1. The molecule has 0 saturated heterocycles. The summed E-state index contributed by atoms with van der Waals surface area (Å²) in [6.45, 7) is 2.05. The molecule has 0 fully saturated rings. The lowest BCUT2D eigenvalue weighted by Gasteiger charge is -2.25. The molecular weight excluding hydrogens is 276 g/mol. The monoisotopic (exact) mass is 294 g/mol. The maximum atomic E-state index is 5.41. The van der Waals surface area contributed by atoms with Crippen molar-refractivity contribution in [3.8, 4) is 0 Å². The minimum Gasteiger partial charge on any atom is -0.369 e. The number of nitrogens with two attached hydrogens (primary N) is 2. The third kappa shape index (κ3) is 2.81. The topological polar surface area (TPSA) is 103 Å². The highest BCUT2D eigenvalue weighted by Crippen LogP contribution is 2.32. The predicted molar refractivity (Wildman–Crippen MR) is 86.6 cm³/mol.